The van der Waals surface area contributed by atoms with Crippen molar-refractivity contribution >= 4 is 23.0 Å². The van der Waals surface area contributed by atoms with Crippen LogP contribution in [-0.4, -0.2) is 89.9 Å². The van der Waals surface area contributed by atoms with Gasteiger partial charge in [0.05, 0.1) is 17.6 Å². The smallest absolute Gasteiger partial charge is 0.329 e. The first-order valence-electron chi connectivity index (χ1n) is 11.8. The predicted octanol–water partition coefficient (Wildman–Crippen LogP) is 2.25. The quantitative estimate of drug-likeness (QED) is 0.586. The van der Waals surface area contributed by atoms with Gasteiger partial charge in [-0.05, 0) is 37.7 Å². The zero-order valence-corrected chi connectivity index (χ0v) is 18.9. The molecule has 3 aliphatic rings. The third-order valence-electron chi connectivity index (χ3n) is 7.19. The Hall–Kier alpha value is -3.10. The van der Waals surface area contributed by atoms with Crippen LogP contribution in [0.1, 0.15) is 6.42 Å². The Labute approximate surface area is 193 Å². The Morgan fingerprint density at radius 1 is 1.00 bits per heavy atom. The van der Waals surface area contributed by atoms with Crippen LogP contribution in [0.5, 0.6) is 5.75 Å². The summed E-state index contributed by atoms with van der Waals surface area (Å²) in [5.41, 5.74) is 1.69. The van der Waals surface area contributed by atoms with E-state index in [0.29, 0.717) is 31.3 Å². The number of likely N-dealkylation sites (N-methyl/N-ethyl adjacent to an activating group) is 1. The number of piperazine rings is 1. The largest absolute Gasteiger partial charge is 0.492 e. The highest BCUT2D eigenvalue weighted by molar-refractivity contribution is 5.93. The molecule has 3 fully saturated rings. The summed E-state index contributed by atoms with van der Waals surface area (Å²) in [4.78, 5) is 25.6. The van der Waals surface area contributed by atoms with E-state index in [9.17, 15) is 4.79 Å². The molecule has 1 N–H and O–H groups in total. The summed E-state index contributed by atoms with van der Waals surface area (Å²) in [5, 5.41) is 3.02. The van der Waals surface area contributed by atoms with E-state index < -0.39 is 0 Å². The molecule has 2 unspecified atom stereocenters. The van der Waals surface area contributed by atoms with Gasteiger partial charge in [-0.15, -0.1) is 0 Å². The Balaban J connectivity index is 1.17. The van der Waals surface area contributed by atoms with Gasteiger partial charge in [0, 0.05) is 44.3 Å². The average Bonchev–Trinajstić information content (AvgIpc) is 3.52. The normalized spacial score (nSPS) is 23.2. The molecule has 8 nitrogen and oxygen atoms in total. The number of anilines is 1. The van der Waals surface area contributed by atoms with E-state index >= 15 is 0 Å². The van der Waals surface area contributed by atoms with E-state index in [0.717, 1.165) is 55.3 Å². The SMILES string of the molecule is CN1CC(N2CC3CC2CN3c2nc3ccccc3n2C(=O)NCCOc2ccccc2)C1. The molecule has 33 heavy (non-hydrogen) atoms. The predicted molar refractivity (Wildman–Crippen MR) is 128 cm³/mol. The number of fused-ring (bicyclic) bond motifs is 3. The van der Waals surface area contributed by atoms with Crippen molar-refractivity contribution in [1.82, 2.24) is 24.7 Å². The van der Waals surface area contributed by atoms with Gasteiger partial charge in [0.15, 0.2) is 0 Å². The van der Waals surface area contributed by atoms with Crippen LogP contribution >= 0.6 is 0 Å². The lowest BCUT2D eigenvalue weighted by atomic mass is 10.1. The van der Waals surface area contributed by atoms with Gasteiger partial charge in [-0.25, -0.2) is 14.3 Å². The number of benzene rings is 2. The van der Waals surface area contributed by atoms with Crippen molar-refractivity contribution < 1.29 is 9.53 Å². The molecule has 172 valence electrons. The van der Waals surface area contributed by atoms with Gasteiger partial charge in [-0.2, -0.15) is 0 Å². The number of carbonyl (C=O) groups excluding carboxylic acids is 1. The molecule has 0 radical (unpaired) electrons. The molecule has 2 aromatic carbocycles. The fraction of sp³-hybridized carbons (Fsp3) is 0.440. The zero-order chi connectivity index (χ0) is 22.4. The number of nitrogens with zero attached hydrogens (tertiary/aromatic N) is 5. The second kappa shape index (κ2) is 8.35. The van der Waals surface area contributed by atoms with Gasteiger partial charge in [0.1, 0.15) is 12.4 Å². The highest BCUT2D eigenvalue weighted by atomic mass is 16.5. The first-order valence-corrected chi connectivity index (χ1v) is 11.8. The first kappa shape index (κ1) is 20.5. The number of rotatable bonds is 6. The molecule has 0 spiro atoms. The van der Waals surface area contributed by atoms with E-state index in [4.69, 9.17) is 9.72 Å². The van der Waals surface area contributed by atoms with E-state index in [-0.39, 0.29) is 6.03 Å². The van der Waals surface area contributed by atoms with Crippen molar-refractivity contribution in [3.05, 3.63) is 54.6 Å². The number of imidazole rings is 1. The number of hydrogen-bond donors (Lipinski definition) is 1. The Bertz CT molecular complexity index is 1140. The van der Waals surface area contributed by atoms with Crippen LogP contribution in [-0.2, 0) is 0 Å². The minimum absolute atomic E-state index is 0.157. The lowest BCUT2D eigenvalue weighted by Gasteiger charge is -2.47. The fourth-order valence-corrected chi connectivity index (χ4v) is 5.59. The van der Waals surface area contributed by atoms with Crippen molar-refractivity contribution in [1.29, 1.82) is 0 Å². The molecule has 0 aliphatic carbocycles. The van der Waals surface area contributed by atoms with Crippen LogP contribution in [0.15, 0.2) is 54.6 Å². The summed E-state index contributed by atoms with van der Waals surface area (Å²) in [6.45, 7) is 5.15. The molecule has 3 saturated heterocycles. The minimum Gasteiger partial charge on any atom is -0.492 e. The van der Waals surface area contributed by atoms with Crippen LogP contribution in [0.3, 0.4) is 0 Å². The lowest BCUT2D eigenvalue weighted by Crippen LogP contribution is -2.62. The summed E-state index contributed by atoms with van der Waals surface area (Å²) in [7, 11) is 2.18. The first-order chi connectivity index (χ1) is 16.2. The highest BCUT2D eigenvalue weighted by Crippen LogP contribution is 2.37. The van der Waals surface area contributed by atoms with Crippen LogP contribution < -0.4 is 15.0 Å². The topological polar surface area (TPSA) is 65.9 Å². The number of para-hydroxylation sites is 3. The van der Waals surface area contributed by atoms with E-state index in [2.05, 4.69) is 27.1 Å². The van der Waals surface area contributed by atoms with Gasteiger partial charge in [0.25, 0.3) is 0 Å². The van der Waals surface area contributed by atoms with Crippen molar-refractivity contribution in [2.45, 2.75) is 24.5 Å². The molecule has 1 amide bonds. The maximum Gasteiger partial charge on any atom is 0.329 e. The second-order valence-corrected chi connectivity index (χ2v) is 9.40. The molecule has 2 atom stereocenters. The molecule has 3 aliphatic heterocycles. The molecule has 0 saturated carbocycles. The molecule has 2 bridgehead atoms. The number of aromatic nitrogens is 2. The maximum atomic E-state index is 13.3. The second-order valence-electron chi connectivity index (χ2n) is 9.40. The third kappa shape index (κ3) is 3.73. The van der Waals surface area contributed by atoms with Crippen LogP contribution in [0.2, 0.25) is 0 Å². The molecule has 6 rings (SSSR count). The van der Waals surface area contributed by atoms with Crippen LogP contribution in [0.25, 0.3) is 11.0 Å². The van der Waals surface area contributed by atoms with Gasteiger partial charge < -0.3 is 19.9 Å². The number of nitrogens with one attached hydrogen (secondary N) is 1. The van der Waals surface area contributed by atoms with Crippen molar-refractivity contribution in [3.63, 3.8) is 0 Å². The van der Waals surface area contributed by atoms with Crippen molar-refractivity contribution in [2.24, 2.45) is 0 Å². The van der Waals surface area contributed by atoms with Gasteiger partial charge >= 0.3 is 6.03 Å². The number of amides is 1. The molecular formula is C25H30N6O2. The van der Waals surface area contributed by atoms with Crippen LogP contribution in [0, 0.1) is 0 Å². The summed E-state index contributed by atoms with van der Waals surface area (Å²) in [5.74, 6) is 1.56. The third-order valence-corrected chi connectivity index (χ3v) is 7.19. The summed E-state index contributed by atoms with van der Waals surface area (Å²) in [6, 6.07) is 19.0. The van der Waals surface area contributed by atoms with Gasteiger partial charge in [-0.1, -0.05) is 30.3 Å². The lowest BCUT2D eigenvalue weighted by molar-refractivity contribution is 0.0398. The average molecular weight is 447 g/mol. The number of carbonyl (C=O) groups is 1. The maximum absolute atomic E-state index is 13.3. The number of likely N-dealkylation sites (tertiary alicyclic amines) is 2. The zero-order valence-electron chi connectivity index (χ0n) is 18.9. The van der Waals surface area contributed by atoms with Gasteiger partial charge in [0.2, 0.25) is 5.95 Å². The standard InChI is InChI=1S/C25H30N6O2/c1-28-14-20(15-28)29-16-19-13-18(29)17-30(19)24-27-22-9-5-6-10-23(22)31(24)25(32)26-11-12-33-21-7-3-2-4-8-21/h2-10,18-20H,11-17H2,1H3,(H,26,32). The molecule has 3 aromatic rings. The summed E-state index contributed by atoms with van der Waals surface area (Å²) in [6.07, 6.45) is 1.15. The van der Waals surface area contributed by atoms with Gasteiger partial charge in [-0.3, -0.25) is 4.90 Å². The number of hydrogen-bond acceptors (Lipinski definition) is 6. The Morgan fingerprint density at radius 3 is 2.55 bits per heavy atom. The molecule has 8 heteroatoms. The monoisotopic (exact) mass is 446 g/mol. The molecular weight excluding hydrogens is 416 g/mol. The van der Waals surface area contributed by atoms with Crippen molar-refractivity contribution in [2.75, 3.05) is 51.3 Å². The van der Waals surface area contributed by atoms with E-state index in [1.54, 1.807) is 4.57 Å². The highest BCUT2D eigenvalue weighted by Gasteiger charge is 2.49. The minimum atomic E-state index is -0.157. The summed E-state index contributed by atoms with van der Waals surface area (Å²) < 4.78 is 7.48. The Morgan fingerprint density at radius 2 is 1.79 bits per heavy atom. The van der Waals surface area contributed by atoms with E-state index in [1.165, 1.54) is 0 Å². The van der Waals surface area contributed by atoms with Crippen LogP contribution in [0.4, 0.5) is 10.7 Å². The van der Waals surface area contributed by atoms with Crippen molar-refractivity contribution in [3.8, 4) is 5.75 Å². The summed E-state index contributed by atoms with van der Waals surface area (Å²) >= 11 is 0. The Kier molecular flexibility index (Phi) is 5.19. The fourth-order valence-electron chi connectivity index (χ4n) is 5.59. The number of ether oxygens (including phenoxy) is 1. The molecule has 1 aromatic heterocycles. The molecule has 4 heterocycles. The van der Waals surface area contributed by atoms with E-state index in [1.807, 2.05) is 54.6 Å².